The van der Waals surface area contributed by atoms with Gasteiger partial charge in [0.1, 0.15) is 16.6 Å². The molecule has 21 heavy (non-hydrogen) atoms. The Balaban J connectivity index is 2.17. The first-order valence-electron chi connectivity index (χ1n) is 5.64. The van der Waals surface area contributed by atoms with Crippen LogP contribution >= 0.6 is 11.6 Å². The minimum atomic E-state index is -0.975. The fourth-order valence-electron chi connectivity index (χ4n) is 1.50. The number of para-hydroxylation sites is 1. The highest BCUT2D eigenvalue weighted by molar-refractivity contribution is 6.32. The normalized spacial score (nSPS) is 10.0. The summed E-state index contributed by atoms with van der Waals surface area (Å²) in [7, 11) is 0. The van der Waals surface area contributed by atoms with E-state index >= 15 is 0 Å². The number of hydrogen-bond donors (Lipinski definition) is 1. The molecule has 8 heteroatoms. The van der Waals surface area contributed by atoms with Crippen molar-refractivity contribution in [3.05, 3.63) is 63.4 Å². The molecule has 0 radical (unpaired) electrons. The van der Waals surface area contributed by atoms with Crippen molar-refractivity contribution in [2.45, 2.75) is 0 Å². The number of hydrogen-bond acceptors (Lipinski definition) is 4. The molecule has 0 aromatic heterocycles. The molecule has 1 N–H and O–H groups in total. The Kier molecular flexibility index (Phi) is 4.34. The van der Waals surface area contributed by atoms with Gasteiger partial charge in [0.2, 0.25) is 0 Å². The summed E-state index contributed by atoms with van der Waals surface area (Å²) in [5.74, 6) is -0.658. The molecule has 0 heterocycles. The maximum Gasteiger partial charge on any atom is 0.417 e. The molecule has 2 rings (SSSR count). The van der Waals surface area contributed by atoms with Crippen LogP contribution < -0.4 is 10.1 Å². The van der Waals surface area contributed by atoms with Crippen LogP contribution in [0.15, 0.2) is 42.5 Å². The van der Waals surface area contributed by atoms with Crippen LogP contribution in [0.25, 0.3) is 0 Å². The summed E-state index contributed by atoms with van der Waals surface area (Å²) in [6, 6.07) is 9.65. The Morgan fingerprint density at radius 1 is 1.29 bits per heavy atom. The quantitative estimate of drug-likeness (QED) is 0.686. The zero-order valence-corrected chi connectivity index (χ0v) is 11.1. The van der Waals surface area contributed by atoms with Gasteiger partial charge in [-0.1, -0.05) is 29.8 Å². The Morgan fingerprint density at radius 3 is 2.57 bits per heavy atom. The summed E-state index contributed by atoms with van der Waals surface area (Å²) < 4.78 is 18.5. The number of nitrogens with one attached hydrogen (secondary N) is 1. The summed E-state index contributed by atoms with van der Waals surface area (Å²) in [5, 5.41) is 12.4. The predicted molar refractivity (Wildman–Crippen MR) is 74.2 cm³/mol. The molecule has 0 saturated carbocycles. The second-order valence-corrected chi connectivity index (χ2v) is 4.28. The number of nitro groups is 1. The van der Waals surface area contributed by atoms with Crippen molar-refractivity contribution in [1.29, 1.82) is 0 Å². The second-order valence-electron chi connectivity index (χ2n) is 3.87. The highest BCUT2D eigenvalue weighted by atomic mass is 35.5. The van der Waals surface area contributed by atoms with Crippen LogP contribution in [-0.4, -0.2) is 11.0 Å². The molecule has 0 aliphatic rings. The monoisotopic (exact) mass is 310 g/mol. The van der Waals surface area contributed by atoms with E-state index in [0.29, 0.717) is 0 Å². The molecular formula is C13H8ClFN2O4. The molecule has 0 bridgehead atoms. The average Bonchev–Trinajstić information content (AvgIpc) is 2.42. The number of benzene rings is 2. The minimum Gasteiger partial charge on any atom is -0.410 e. The fourth-order valence-corrected chi connectivity index (χ4v) is 1.72. The Hall–Kier alpha value is -2.67. The zero-order valence-electron chi connectivity index (χ0n) is 10.4. The van der Waals surface area contributed by atoms with E-state index in [0.717, 1.165) is 12.1 Å². The number of halogens is 2. The maximum atomic E-state index is 13.6. The Labute approximate surface area is 123 Å². The van der Waals surface area contributed by atoms with E-state index < -0.39 is 28.2 Å². The van der Waals surface area contributed by atoms with Gasteiger partial charge in [-0.05, 0) is 12.1 Å². The van der Waals surface area contributed by atoms with Gasteiger partial charge >= 0.3 is 6.09 Å². The van der Waals surface area contributed by atoms with Gasteiger partial charge in [0.05, 0.1) is 10.6 Å². The fraction of sp³-hybridized carbons (Fsp3) is 0. The third kappa shape index (κ3) is 3.67. The SMILES string of the molecule is O=C(Nc1cc([N+](=O)[O-])c(Cl)cc1F)Oc1ccccc1. The van der Waals surface area contributed by atoms with Crippen LogP contribution in [0.3, 0.4) is 0 Å². The molecule has 0 fully saturated rings. The third-order valence-electron chi connectivity index (χ3n) is 2.42. The van der Waals surface area contributed by atoms with E-state index in [4.69, 9.17) is 16.3 Å². The van der Waals surface area contributed by atoms with Gasteiger partial charge in [-0.25, -0.2) is 9.18 Å². The van der Waals surface area contributed by atoms with Crippen LogP contribution in [0.5, 0.6) is 5.75 Å². The first-order valence-corrected chi connectivity index (χ1v) is 6.02. The van der Waals surface area contributed by atoms with Crippen molar-refractivity contribution in [2.24, 2.45) is 0 Å². The van der Waals surface area contributed by atoms with Crippen molar-refractivity contribution in [1.82, 2.24) is 0 Å². The number of ether oxygens (including phenoxy) is 1. The smallest absolute Gasteiger partial charge is 0.410 e. The summed E-state index contributed by atoms with van der Waals surface area (Å²) in [6.07, 6.45) is -0.975. The molecule has 6 nitrogen and oxygen atoms in total. The van der Waals surface area contributed by atoms with Crippen LogP contribution in [0, 0.1) is 15.9 Å². The standard InChI is InChI=1S/C13H8ClFN2O4/c14-9-6-10(15)11(7-12(9)17(19)20)16-13(18)21-8-4-2-1-3-5-8/h1-7H,(H,16,18). The number of carbonyl (C=O) groups is 1. The number of nitrogens with zero attached hydrogens (tertiary/aromatic N) is 1. The minimum absolute atomic E-state index is 0.249. The van der Waals surface area contributed by atoms with Gasteiger partial charge in [0, 0.05) is 12.1 Å². The zero-order chi connectivity index (χ0) is 15.4. The van der Waals surface area contributed by atoms with E-state index in [1.54, 1.807) is 18.2 Å². The first-order chi connectivity index (χ1) is 9.97. The van der Waals surface area contributed by atoms with E-state index in [1.165, 1.54) is 12.1 Å². The number of amides is 1. The number of nitro benzene ring substituents is 1. The van der Waals surface area contributed by atoms with E-state index in [-0.39, 0.29) is 10.8 Å². The van der Waals surface area contributed by atoms with Crippen molar-refractivity contribution >= 4 is 29.1 Å². The Bertz CT molecular complexity index is 694. The molecule has 1 amide bonds. The second kappa shape index (κ2) is 6.19. The lowest BCUT2D eigenvalue weighted by molar-refractivity contribution is -0.384. The number of anilines is 1. The van der Waals surface area contributed by atoms with Crippen molar-refractivity contribution in [3.63, 3.8) is 0 Å². The molecule has 2 aromatic carbocycles. The van der Waals surface area contributed by atoms with Gasteiger partial charge in [-0.3, -0.25) is 15.4 Å². The lowest BCUT2D eigenvalue weighted by atomic mass is 10.2. The number of rotatable bonds is 3. The molecule has 0 aliphatic carbocycles. The maximum absolute atomic E-state index is 13.6. The van der Waals surface area contributed by atoms with Crippen LogP contribution in [0.2, 0.25) is 5.02 Å². The molecule has 0 atom stereocenters. The lowest BCUT2D eigenvalue weighted by Gasteiger charge is -2.07. The van der Waals surface area contributed by atoms with E-state index in [2.05, 4.69) is 5.32 Å². The van der Waals surface area contributed by atoms with Gasteiger partial charge in [-0.2, -0.15) is 0 Å². The average molecular weight is 311 g/mol. The molecule has 0 unspecified atom stereocenters. The first kappa shape index (κ1) is 14.7. The number of carbonyl (C=O) groups excluding carboxylic acids is 1. The van der Waals surface area contributed by atoms with Crippen LogP contribution in [0.4, 0.5) is 20.6 Å². The molecule has 0 saturated heterocycles. The highest BCUT2D eigenvalue weighted by Crippen LogP contribution is 2.30. The summed E-state index contributed by atoms with van der Waals surface area (Å²) in [4.78, 5) is 21.5. The van der Waals surface area contributed by atoms with Crippen LogP contribution in [-0.2, 0) is 0 Å². The third-order valence-corrected chi connectivity index (χ3v) is 2.73. The van der Waals surface area contributed by atoms with Gasteiger partial charge in [0.15, 0.2) is 0 Å². The van der Waals surface area contributed by atoms with Gasteiger partial charge in [-0.15, -0.1) is 0 Å². The molecule has 0 aliphatic heterocycles. The molecule has 108 valence electrons. The topological polar surface area (TPSA) is 81.5 Å². The summed E-state index contributed by atoms with van der Waals surface area (Å²) in [5.41, 5.74) is -0.917. The largest absolute Gasteiger partial charge is 0.417 e. The van der Waals surface area contributed by atoms with E-state index in [1.807, 2.05) is 0 Å². The lowest BCUT2D eigenvalue weighted by Crippen LogP contribution is -2.17. The van der Waals surface area contributed by atoms with E-state index in [9.17, 15) is 19.3 Å². The van der Waals surface area contributed by atoms with Crippen molar-refractivity contribution in [2.75, 3.05) is 5.32 Å². The van der Waals surface area contributed by atoms with Gasteiger partial charge in [0.25, 0.3) is 5.69 Å². The van der Waals surface area contributed by atoms with Gasteiger partial charge < -0.3 is 4.74 Å². The predicted octanol–water partition coefficient (Wildman–Crippen LogP) is 4.00. The molecule has 0 spiro atoms. The highest BCUT2D eigenvalue weighted by Gasteiger charge is 2.18. The summed E-state index contributed by atoms with van der Waals surface area (Å²) >= 11 is 5.54. The summed E-state index contributed by atoms with van der Waals surface area (Å²) in [6.45, 7) is 0. The van der Waals surface area contributed by atoms with Crippen molar-refractivity contribution in [3.8, 4) is 5.75 Å². The Morgan fingerprint density at radius 2 is 1.95 bits per heavy atom. The molecular weight excluding hydrogens is 303 g/mol. The van der Waals surface area contributed by atoms with Crippen molar-refractivity contribution < 1.29 is 18.8 Å². The van der Waals surface area contributed by atoms with Crippen LogP contribution in [0.1, 0.15) is 0 Å². The molecule has 2 aromatic rings.